The highest BCUT2D eigenvalue weighted by Gasteiger charge is 2.31. The summed E-state index contributed by atoms with van der Waals surface area (Å²) in [6.45, 7) is 4.81. The predicted octanol–water partition coefficient (Wildman–Crippen LogP) is 6.28. The minimum atomic E-state index is -0.405. The van der Waals surface area contributed by atoms with Gasteiger partial charge in [-0.1, -0.05) is 51.2 Å². The zero-order chi connectivity index (χ0) is 22.5. The second kappa shape index (κ2) is 10.0. The van der Waals surface area contributed by atoms with Crippen molar-refractivity contribution < 1.29 is 18.7 Å². The third-order valence-corrected chi connectivity index (χ3v) is 6.11. The molecule has 5 heteroatoms. The standard InChI is InChI=1S/C27H30O5/c1-3-4-5-6-7-8-15-30-20-11-9-19(10-12-20)22-17-25(29)31-23-14-13-21-18(2)16-24(28)32-27(21)26(22)23/h9-14,16,22H,3-8,15,17H2,1-2H3/t22-/m1/s1. The molecule has 0 unspecified atom stereocenters. The van der Waals surface area contributed by atoms with Crippen LogP contribution in [0.5, 0.6) is 11.5 Å². The van der Waals surface area contributed by atoms with Gasteiger partial charge >= 0.3 is 11.6 Å². The summed E-state index contributed by atoms with van der Waals surface area (Å²) >= 11 is 0. The normalized spacial score (nSPS) is 15.4. The van der Waals surface area contributed by atoms with Gasteiger partial charge in [0, 0.05) is 22.9 Å². The molecule has 1 atom stereocenters. The van der Waals surface area contributed by atoms with E-state index in [0.29, 0.717) is 17.9 Å². The minimum absolute atomic E-state index is 0.196. The van der Waals surface area contributed by atoms with Crippen LogP contribution in [0.3, 0.4) is 0 Å². The number of esters is 1. The average Bonchev–Trinajstić information content (AvgIpc) is 2.78. The van der Waals surface area contributed by atoms with E-state index in [4.69, 9.17) is 13.9 Å². The molecule has 0 N–H and O–H groups in total. The molecule has 3 aromatic rings. The quantitative estimate of drug-likeness (QED) is 0.172. The van der Waals surface area contributed by atoms with Gasteiger partial charge < -0.3 is 13.9 Å². The fraction of sp³-hybridized carbons (Fsp3) is 0.407. The molecule has 0 amide bonds. The Morgan fingerprint density at radius 3 is 2.50 bits per heavy atom. The van der Waals surface area contributed by atoms with Gasteiger partial charge in [0.2, 0.25) is 0 Å². The maximum Gasteiger partial charge on any atom is 0.336 e. The first-order valence-corrected chi connectivity index (χ1v) is 11.6. The maximum atomic E-state index is 12.3. The van der Waals surface area contributed by atoms with Crippen LogP contribution in [0.15, 0.2) is 51.7 Å². The number of aryl methyl sites for hydroxylation is 1. The largest absolute Gasteiger partial charge is 0.494 e. The molecular formula is C27H30O5. The third-order valence-electron chi connectivity index (χ3n) is 6.11. The molecule has 2 aromatic carbocycles. The molecule has 4 rings (SSSR count). The number of hydrogen-bond donors (Lipinski definition) is 0. The number of carbonyl (C=O) groups excluding carboxylic acids is 1. The van der Waals surface area contributed by atoms with E-state index < -0.39 is 5.63 Å². The Kier molecular flexibility index (Phi) is 6.93. The van der Waals surface area contributed by atoms with Crippen molar-refractivity contribution in [3.63, 3.8) is 0 Å². The first-order valence-electron chi connectivity index (χ1n) is 11.6. The van der Waals surface area contributed by atoms with Gasteiger partial charge in [0.05, 0.1) is 13.0 Å². The number of carbonyl (C=O) groups is 1. The van der Waals surface area contributed by atoms with E-state index >= 15 is 0 Å². The molecule has 0 spiro atoms. The van der Waals surface area contributed by atoms with Crippen molar-refractivity contribution in [3.8, 4) is 11.5 Å². The van der Waals surface area contributed by atoms with Crippen molar-refractivity contribution >= 4 is 16.9 Å². The minimum Gasteiger partial charge on any atom is -0.494 e. The Morgan fingerprint density at radius 2 is 1.72 bits per heavy atom. The number of benzene rings is 2. The Morgan fingerprint density at radius 1 is 0.969 bits per heavy atom. The molecule has 2 heterocycles. The van der Waals surface area contributed by atoms with Gasteiger partial charge in [-0.2, -0.15) is 0 Å². The molecule has 1 aliphatic heterocycles. The molecule has 168 valence electrons. The second-order valence-electron chi connectivity index (χ2n) is 8.52. The van der Waals surface area contributed by atoms with Gasteiger partial charge in [0.25, 0.3) is 0 Å². The van der Waals surface area contributed by atoms with E-state index in [9.17, 15) is 9.59 Å². The van der Waals surface area contributed by atoms with Crippen LogP contribution in [0, 0.1) is 6.92 Å². The van der Waals surface area contributed by atoms with Crippen LogP contribution in [0.1, 0.15) is 74.5 Å². The number of rotatable bonds is 9. The fourth-order valence-corrected chi connectivity index (χ4v) is 4.39. The molecule has 0 radical (unpaired) electrons. The summed E-state index contributed by atoms with van der Waals surface area (Å²) in [4.78, 5) is 24.3. The van der Waals surface area contributed by atoms with E-state index in [1.807, 2.05) is 37.3 Å². The van der Waals surface area contributed by atoms with E-state index in [0.717, 1.165) is 34.2 Å². The van der Waals surface area contributed by atoms with Gasteiger partial charge in [-0.3, -0.25) is 4.79 Å². The van der Waals surface area contributed by atoms with Crippen LogP contribution in [-0.4, -0.2) is 12.6 Å². The monoisotopic (exact) mass is 434 g/mol. The van der Waals surface area contributed by atoms with Crippen molar-refractivity contribution in [2.75, 3.05) is 6.61 Å². The zero-order valence-electron chi connectivity index (χ0n) is 18.8. The first-order chi connectivity index (χ1) is 15.6. The SMILES string of the molecule is CCCCCCCCOc1ccc([C@H]2CC(=O)Oc3ccc4c(C)cc(=O)oc4c32)cc1. The molecule has 5 nitrogen and oxygen atoms in total. The highest BCUT2D eigenvalue weighted by molar-refractivity contribution is 5.89. The van der Waals surface area contributed by atoms with E-state index in [1.165, 1.54) is 38.2 Å². The smallest absolute Gasteiger partial charge is 0.336 e. The Labute approximate surface area is 188 Å². The van der Waals surface area contributed by atoms with Crippen molar-refractivity contribution in [2.24, 2.45) is 0 Å². The maximum absolute atomic E-state index is 12.3. The third kappa shape index (κ3) is 4.87. The summed E-state index contributed by atoms with van der Waals surface area (Å²) in [6.07, 6.45) is 7.56. The van der Waals surface area contributed by atoms with E-state index in [2.05, 4.69) is 6.92 Å². The van der Waals surface area contributed by atoms with Gasteiger partial charge in [0.15, 0.2) is 0 Å². The molecule has 32 heavy (non-hydrogen) atoms. The zero-order valence-corrected chi connectivity index (χ0v) is 18.8. The fourth-order valence-electron chi connectivity index (χ4n) is 4.39. The Balaban J connectivity index is 1.53. The van der Waals surface area contributed by atoms with Gasteiger partial charge in [0.1, 0.15) is 17.1 Å². The lowest BCUT2D eigenvalue weighted by Gasteiger charge is -2.25. The van der Waals surface area contributed by atoms with E-state index in [-0.39, 0.29) is 18.3 Å². The summed E-state index contributed by atoms with van der Waals surface area (Å²) in [5.74, 6) is 0.741. The number of fused-ring (bicyclic) bond motifs is 3. The van der Waals surface area contributed by atoms with Crippen LogP contribution in [-0.2, 0) is 4.79 Å². The molecule has 0 saturated carbocycles. The average molecular weight is 435 g/mol. The molecule has 0 aliphatic carbocycles. The van der Waals surface area contributed by atoms with Gasteiger partial charge in [-0.15, -0.1) is 0 Å². The second-order valence-corrected chi connectivity index (χ2v) is 8.52. The lowest BCUT2D eigenvalue weighted by molar-refractivity contribution is -0.135. The Hall–Kier alpha value is -3.08. The van der Waals surface area contributed by atoms with Crippen LogP contribution >= 0.6 is 0 Å². The predicted molar refractivity (Wildman–Crippen MR) is 125 cm³/mol. The topological polar surface area (TPSA) is 65.7 Å². The summed E-state index contributed by atoms with van der Waals surface area (Å²) < 4.78 is 16.9. The number of hydrogen-bond acceptors (Lipinski definition) is 5. The summed E-state index contributed by atoms with van der Waals surface area (Å²) in [7, 11) is 0. The van der Waals surface area contributed by atoms with Crippen molar-refractivity contribution in [3.05, 3.63) is 69.6 Å². The number of unbranched alkanes of at least 4 members (excludes halogenated alkanes) is 5. The first kappa shape index (κ1) is 22.1. The van der Waals surface area contributed by atoms with E-state index in [1.54, 1.807) is 6.07 Å². The molecule has 0 saturated heterocycles. The van der Waals surface area contributed by atoms with Crippen molar-refractivity contribution in [1.82, 2.24) is 0 Å². The van der Waals surface area contributed by atoms with Crippen LogP contribution in [0.2, 0.25) is 0 Å². The summed E-state index contributed by atoms with van der Waals surface area (Å²) in [6, 6.07) is 13.0. The van der Waals surface area contributed by atoms with Crippen LogP contribution in [0.4, 0.5) is 0 Å². The van der Waals surface area contributed by atoms with Crippen LogP contribution in [0.25, 0.3) is 11.0 Å². The summed E-state index contributed by atoms with van der Waals surface area (Å²) in [5, 5.41) is 0.852. The van der Waals surface area contributed by atoms with Gasteiger partial charge in [-0.05, 0) is 48.7 Å². The van der Waals surface area contributed by atoms with Gasteiger partial charge in [-0.25, -0.2) is 4.79 Å². The molecule has 0 fully saturated rings. The van der Waals surface area contributed by atoms with Crippen molar-refractivity contribution in [2.45, 2.75) is 64.7 Å². The lowest BCUT2D eigenvalue weighted by atomic mass is 9.85. The summed E-state index contributed by atoms with van der Waals surface area (Å²) in [5.41, 5.74) is 2.65. The lowest BCUT2D eigenvalue weighted by Crippen LogP contribution is -2.21. The number of ether oxygens (including phenoxy) is 2. The molecule has 1 aliphatic rings. The Bertz CT molecular complexity index is 1140. The highest BCUT2D eigenvalue weighted by Crippen LogP contribution is 2.43. The molecule has 1 aromatic heterocycles. The van der Waals surface area contributed by atoms with Crippen LogP contribution < -0.4 is 15.1 Å². The van der Waals surface area contributed by atoms with Crippen molar-refractivity contribution in [1.29, 1.82) is 0 Å². The molecule has 0 bridgehead atoms. The molecular weight excluding hydrogens is 404 g/mol. The highest BCUT2D eigenvalue weighted by atomic mass is 16.5.